The number of aliphatic imine (C=N–C) groups is 1. The number of hydrogen-bond donors (Lipinski definition) is 2. The summed E-state index contributed by atoms with van der Waals surface area (Å²) < 4.78 is 24.7. The van der Waals surface area contributed by atoms with Crippen LogP contribution in [0.25, 0.3) is 0 Å². The van der Waals surface area contributed by atoms with Crippen LogP contribution in [0, 0.1) is 5.92 Å². The van der Waals surface area contributed by atoms with Crippen molar-refractivity contribution in [1.29, 1.82) is 0 Å². The maximum absolute atomic E-state index is 11.6. The first-order valence-corrected chi connectivity index (χ1v) is 11.0. The second kappa shape index (κ2) is 7.58. The molecule has 0 bridgehead atoms. The Morgan fingerprint density at radius 3 is 2.42 bits per heavy atom. The summed E-state index contributed by atoms with van der Waals surface area (Å²) in [7, 11) is -1.22. The lowest BCUT2D eigenvalue weighted by molar-refractivity contribution is 0.274. The Morgan fingerprint density at radius 1 is 1.12 bits per heavy atom. The summed E-state index contributed by atoms with van der Waals surface area (Å²) in [6, 6.07) is 1.33. The van der Waals surface area contributed by atoms with Crippen molar-refractivity contribution in [3.63, 3.8) is 0 Å². The highest BCUT2D eigenvalue weighted by molar-refractivity contribution is 7.88. The van der Waals surface area contributed by atoms with Gasteiger partial charge in [-0.15, -0.1) is 0 Å². The van der Waals surface area contributed by atoms with Gasteiger partial charge in [0.2, 0.25) is 10.0 Å². The molecule has 0 radical (unpaired) electrons. The average molecular weight is 358 g/mol. The van der Waals surface area contributed by atoms with Crippen LogP contribution in [0.4, 0.5) is 0 Å². The molecule has 3 rings (SSSR count). The summed E-state index contributed by atoms with van der Waals surface area (Å²) in [5.74, 6) is 1.39. The van der Waals surface area contributed by atoms with Crippen molar-refractivity contribution in [3.8, 4) is 0 Å². The van der Waals surface area contributed by atoms with E-state index in [4.69, 9.17) is 0 Å². The van der Waals surface area contributed by atoms with E-state index in [2.05, 4.69) is 20.5 Å². The molecule has 7 nitrogen and oxygen atoms in total. The minimum absolute atomic E-state index is 0.490. The Kier molecular flexibility index (Phi) is 5.66. The molecule has 1 saturated carbocycles. The molecule has 138 valence electrons. The molecule has 1 aliphatic carbocycles. The van der Waals surface area contributed by atoms with Crippen molar-refractivity contribution in [1.82, 2.24) is 19.8 Å². The summed E-state index contributed by atoms with van der Waals surface area (Å²) in [5.41, 5.74) is 0. The van der Waals surface area contributed by atoms with Crippen LogP contribution in [-0.2, 0) is 10.0 Å². The van der Waals surface area contributed by atoms with Crippen molar-refractivity contribution in [3.05, 3.63) is 0 Å². The first-order valence-electron chi connectivity index (χ1n) is 9.12. The molecule has 0 aromatic heterocycles. The van der Waals surface area contributed by atoms with E-state index < -0.39 is 10.0 Å². The van der Waals surface area contributed by atoms with Crippen LogP contribution in [-0.4, -0.2) is 81.7 Å². The molecule has 8 heteroatoms. The number of rotatable bonds is 5. The van der Waals surface area contributed by atoms with Gasteiger partial charge in [-0.2, -0.15) is 0 Å². The Morgan fingerprint density at radius 2 is 1.83 bits per heavy atom. The molecular formula is C16H31N5O2S. The van der Waals surface area contributed by atoms with Gasteiger partial charge < -0.3 is 10.6 Å². The SMILES string of the molecule is CN=C(NCC1CCN(S(C)(=O)=O)CC1)NC1CCN(C2CC2)C1. The predicted molar refractivity (Wildman–Crippen MR) is 96.6 cm³/mol. The van der Waals surface area contributed by atoms with E-state index >= 15 is 0 Å². The monoisotopic (exact) mass is 357 g/mol. The first kappa shape index (κ1) is 17.9. The highest BCUT2D eigenvalue weighted by Gasteiger charge is 2.34. The van der Waals surface area contributed by atoms with Gasteiger partial charge in [0.25, 0.3) is 0 Å². The Balaban J connectivity index is 1.37. The van der Waals surface area contributed by atoms with Gasteiger partial charge in [0.15, 0.2) is 5.96 Å². The summed E-state index contributed by atoms with van der Waals surface area (Å²) in [4.78, 5) is 6.93. The quantitative estimate of drug-likeness (QED) is 0.537. The van der Waals surface area contributed by atoms with Crippen molar-refractivity contribution in [2.45, 2.75) is 44.2 Å². The minimum atomic E-state index is -3.04. The zero-order valence-electron chi connectivity index (χ0n) is 14.9. The molecule has 2 N–H and O–H groups in total. The van der Waals surface area contributed by atoms with Gasteiger partial charge in [-0.05, 0) is 38.0 Å². The average Bonchev–Trinajstić information content (AvgIpc) is 3.30. The van der Waals surface area contributed by atoms with E-state index in [1.165, 1.54) is 32.1 Å². The van der Waals surface area contributed by atoms with Crippen LogP contribution in [0.2, 0.25) is 0 Å². The normalized spacial score (nSPS) is 28.2. The van der Waals surface area contributed by atoms with Crippen LogP contribution < -0.4 is 10.6 Å². The molecule has 0 spiro atoms. The van der Waals surface area contributed by atoms with E-state index in [0.29, 0.717) is 25.0 Å². The third-order valence-corrected chi connectivity index (χ3v) is 6.75. The topological polar surface area (TPSA) is 77.0 Å². The zero-order chi connectivity index (χ0) is 17.2. The van der Waals surface area contributed by atoms with Crippen molar-refractivity contribution >= 4 is 16.0 Å². The van der Waals surface area contributed by atoms with E-state index in [1.807, 2.05) is 7.05 Å². The van der Waals surface area contributed by atoms with Gasteiger partial charge in [0.05, 0.1) is 6.26 Å². The molecule has 2 saturated heterocycles. The molecule has 24 heavy (non-hydrogen) atoms. The molecular weight excluding hydrogens is 326 g/mol. The Bertz CT molecular complexity index is 553. The summed E-state index contributed by atoms with van der Waals surface area (Å²) >= 11 is 0. The van der Waals surface area contributed by atoms with Crippen LogP contribution >= 0.6 is 0 Å². The number of sulfonamides is 1. The van der Waals surface area contributed by atoms with Crippen LogP contribution in [0.5, 0.6) is 0 Å². The molecule has 0 amide bonds. The number of piperidine rings is 1. The minimum Gasteiger partial charge on any atom is -0.356 e. The van der Waals surface area contributed by atoms with Crippen molar-refractivity contribution in [2.75, 3.05) is 46.0 Å². The fourth-order valence-corrected chi connectivity index (χ4v) is 4.62. The molecule has 3 fully saturated rings. The molecule has 0 aromatic rings. The smallest absolute Gasteiger partial charge is 0.211 e. The van der Waals surface area contributed by atoms with Crippen LogP contribution in [0.15, 0.2) is 4.99 Å². The van der Waals surface area contributed by atoms with Gasteiger partial charge >= 0.3 is 0 Å². The van der Waals surface area contributed by atoms with Gasteiger partial charge in [-0.25, -0.2) is 12.7 Å². The summed E-state index contributed by atoms with van der Waals surface area (Å²) in [6.45, 7) is 4.45. The maximum Gasteiger partial charge on any atom is 0.211 e. The molecule has 0 aromatic carbocycles. The highest BCUT2D eigenvalue weighted by Crippen LogP contribution is 2.29. The molecule has 1 atom stereocenters. The standard InChI is InChI=1S/C16H31N5O2S/c1-17-16(19-14-7-8-20(12-14)15-3-4-15)18-11-13-5-9-21(10-6-13)24(2,22)23/h13-15H,3-12H2,1-2H3,(H2,17,18,19). The van der Waals surface area contributed by atoms with E-state index in [0.717, 1.165) is 37.9 Å². The number of nitrogens with one attached hydrogen (secondary N) is 2. The van der Waals surface area contributed by atoms with Gasteiger partial charge in [0.1, 0.15) is 0 Å². The zero-order valence-corrected chi connectivity index (χ0v) is 15.7. The van der Waals surface area contributed by atoms with E-state index in [-0.39, 0.29) is 0 Å². The molecule has 2 heterocycles. The van der Waals surface area contributed by atoms with Crippen LogP contribution in [0.1, 0.15) is 32.1 Å². The summed E-state index contributed by atoms with van der Waals surface area (Å²) in [5, 5.41) is 6.97. The first-order chi connectivity index (χ1) is 11.5. The number of guanidine groups is 1. The van der Waals surface area contributed by atoms with Gasteiger partial charge in [0, 0.05) is 51.9 Å². The lowest BCUT2D eigenvalue weighted by Gasteiger charge is -2.30. The molecule has 2 aliphatic heterocycles. The molecule has 1 unspecified atom stereocenters. The maximum atomic E-state index is 11.6. The number of likely N-dealkylation sites (tertiary alicyclic amines) is 1. The Labute approximate surface area is 145 Å². The lowest BCUT2D eigenvalue weighted by Crippen LogP contribution is -2.47. The molecule has 3 aliphatic rings. The number of nitrogens with zero attached hydrogens (tertiary/aromatic N) is 3. The van der Waals surface area contributed by atoms with E-state index in [1.54, 1.807) is 4.31 Å². The fourth-order valence-electron chi connectivity index (χ4n) is 3.75. The summed E-state index contributed by atoms with van der Waals surface area (Å²) in [6.07, 6.45) is 7.04. The van der Waals surface area contributed by atoms with Crippen molar-refractivity contribution in [2.24, 2.45) is 10.9 Å². The fraction of sp³-hybridized carbons (Fsp3) is 0.938. The third-order valence-electron chi connectivity index (χ3n) is 5.45. The predicted octanol–water partition coefficient (Wildman–Crippen LogP) is 0.0597. The van der Waals surface area contributed by atoms with Gasteiger partial charge in [-0.1, -0.05) is 0 Å². The lowest BCUT2D eigenvalue weighted by atomic mass is 9.98. The number of hydrogen-bond acceptors (Lipinski definition) is 4. The Hall–Kier alpha value is -0.860. The van der Waals surface area contributed by atoms with Crippen LogP contribution in [0.3, 0.4) is 0 Å². The largest absolute Gasteiger partial charge is 0.356 e. The second-order valence-corrected chi connectivity index (χ2v) is 9.40. The highest BCUT2D eigenvalue weighted by atomic mass is 32.2. The van der Waals surface area contributed by atoms with E-state index in [9.17, 15) is 8.42 Å². The second-order valence-electron chi connectivity index (χ2n) is 7.41. The third kappa shape index (κ3) is 4.83. The van der Waals surface area contributed by atoms with Crippen molar-refractivity contribution < 1.29 is 8.42 Å². The van der Waals surface area contributed by atoms with Gasteiger partial charge in [-0.3, -0.25) is 9.89 Å².